The van der Waals surface area contributed by atoms with Crippen LogP contribution in [0.1, 0.15) is 31.4 Å². The van der Waals surface area contributed by atoms with Crippen molar-refractivity contribution in [3.63, 3.8) is 0 Å². The van der Waals surface area contributed by atoms with E-state index in [0.29, 0.717) is 18.5 Å². The Kier molecular flexibility index (Phi) is 7.52. The molecule has 25 heavy (non-hydrogen) atoms. The van der Waals surface area contributed by atoms with Gasteiger partial charge in [0.25, 0.3) is 0 Å². The van der Waals surface area contributed by atoms with E-state index >= 15 is 0 Å². The minimum absolute atomic E-state index is 0.185. The maximum Gasteiger partial charge on any atom is 0.188 e. The third-order valence-corrected chi connectivity index (χ3v) is 4.98. The highest BCUT2D eigenvalue weighted by Crippen LogP contribution is 2.21. The van der Waals surface area contributed by atoms with Crippen molar-refractivity contribution in [1.29, 1.82) is 0 Å². The lowest BCUT2D eigenvalue weighted by atomic mass is 10.1. The fourth-order valence-corrected chi connectivity index (χ4v) is 3.40. The minimum atomic E-state index is 0.185. The molecule has 1 fully saturated rings. The molecule has 2 unspecified atom stereocenters. The topological polar surface area (TPSA) is 66.1 Å². The molecule has 0 spiro atoms. The number of guanidine groups is 1. The number of methoxy groups -OCH3 is 1. The van der Waals surface area contributed by atoms with Crippen molar-refractivity contribution in [3.8, 4) is 5.75 Å². The van der Waals surface area contributed by atoms with Crippen molar-refractivity contribution in [3.05, 3.63) is 29.8 Å². The van der Waals surface area contributed by atoms with E-state index in [0.717, 1.165) is 18.8 Å². The summed E-state index contributed by atoms with van der Waals surface area (Å²) in [5.74, 6) is 1.39. The molecular weight excluding hydrogens is 314 g/mol. The average Bonchev–Trinajstić information content (AvgIpc) is 3.08. The number of nitrogens with zero attached hydrogens (tertiary/aromatic N) is 3. The van der Waals surface area contributed by atoms with Gasteiger partial charge in [-0.15, -0.1) is 0 Å². The quantitative estimate of drug-likeness (QED) is 0.553. The van der Waals surface area contributed by atoms with Gasteiger partial charge in [-0.3, -0.25) is 9.89 Å². The molecule has 1 aliphatic heterocycles. The molecule has 1 heterocycles. The van der Waals surface area contributed by atoms with E-state index < -0.39 is 0 Å². The molecule has 1 aliphatic rings. The molecule has 2 rings (SSSR count). The van der Waals surface area contributed by atoms with Crippen LogP contribution in [0.15, 0.2) is 29.3 Å². The van der Waals surface area contributed by atoms with Crippen molar-refractivity contribution in [1.82, 2.24) is 15.1 Å². The second-order valence-electron chi connectivity index (χ2n) is 6.78. The largest absolute Gasteiger partial charge is 0.497 e. The van der Waals surface area contributed by atoms with E-state index in [1.165, 1.54) is 24.9 Å². The fraction of sp³-hybridized carbons (Fsp3) is 0.632. The zero-order valence-corrected chi connectivity index (χ0v) is 16.0. The number of aliphatic imine (C=N–C) groups is 1. The van der Waals surface area contributed by atoms with Gasteiger partial charge in [0.2, 0.25) is 0 Å². The Bertz CT molecular complexity index is 543. The lowest BCUT2D eigenvalue weighted by molar-refractivity contribution is 0.267. The number of likely N-dealkylation sites (N-methyl/N-ethyl adjacent to an activating group) is 2. The summed E-state index contributed by atoms with van der Waals surface area (Å²) in [7, 11) is 5.80. The van der Waals surface area contributed by atoms with Gasteiger partial charge in [-0.05, 0) is 57.7 Å². The Balaban J connectivity index is 1.91. The van der Waals surface area contributed by atoms with Crippen LogP contribution in [0.4, 0.5) is 0 Å². The first-order valence-electron chi connectivity index (χ1n) is 9.13. The zero-order chi connectivity index (χ0) is 18.2. The van der Waals surface area contributed by atoms with Gasteiger partial charge in [0.15, 0.2) is 5.96 Å². The Morgan fingerprint density at radius 2 is 2.12 bits per heavy atom. The molecule has 1 aromatic carbocycles. The van der Waals surface area contributed by atoms with E-state index in [-0.39, 0.29) is 6.04 Å². The Labute approximate surface area is 152 Å². The third-order valence-electron chi connectivity index (χ3n) is 4.98. The molecule has 1 saturated heterocycles. The van der Waals surface area contributed by atoms with Gasteiger partial charge < -0.3 is 20.7 Å². The van der Waals surface area contributed by atoms with Crippen molar-refractivity contribution in [2.24, 2.45) is 10.7 Å². The van der Waals surface area contributed by atoms with Crippen LogP contribution in [0.25, 0.3) is 0 Å². The summed E-state index contributed by atoms with van der Waals surface area (Å²) in [6, 6.07) is 8.89. The molecule has 0 aromatic heterocycles. The van der Waals surface area contributed by atoms with E-state index in [9.17, 15) is 0 Å². The van der Waals surface area contributed by atoms with Crippen molar-refractivity contribution in [2.75, 3.05) is 47.4 Å². The maximum absolute atomic E-state index is 6.09. The van der Waals surface area contributed by atoms with Gasteiger partial charge in [-0.25, -0.2) is 0 Å². The van der Waals surface area contributed by atoms with E-state index in [2.05, 4.69) is 53.3 Å². The Hall–Kier alpha value is -1.79. The molecule has 6 heteroatoms. The molecular formula is C19H33N5O. The van der Waals surface area contributed by atoms with Gasteiger partial charge in [0, 0.05) is 12.6 Å². The standard InChI is InChI=1S/C19H33N5O/c1-5-24-12-6-7-16(24)13-21-19(20)22-14-18(23(2)3)15-8-10-17(25-4)11-9-15/h8-11,16,18H,5-7,12-14H2,1-4H3,(H3,20,21,22). The third kappa shape index (κ3) is 5.61. The van der Waals surface area contributed by atoms with Gasteiger partial charge in [0.05, 0.1) is 19.7 Å². The van der Waals surface area contributed by atoms with Crippen LogP contribution in [0.5, 0.6) is 5.75 Å². The van der Waals surface area contributed by atoms with Gasteiger partial charge in [-0.2, -0.15) is 0 Å². The highest BCUT2D eigenvalue weighted by molar-refractivity contribution is 5.77. The first kappa shape index (κ1) is 19.5. The van der Waals surface area contributed by atoms with E-state index in [1.54, 1.807) is 7.11 Å². The first-order chi connectivity index (χ1) is 12.0. The van der Waals surface area contributed by atoms with Crippen LogP contribution in [0.2, 0.25) is 0 Å². The van der Waals surface area contributed by atoms with Crippen molar-refractivity contribution >= 4 is 5.96 Å². The Morgan fingerprint density at radius 1 is 1.40 bits per heavy atom. The predicted octanol–water partition coefficient (Wildman–Crippen LogP) is 1.69. The number of nitrogens with two attached hydrogens (primary N) is 1. The second kappa shape index (κ2) is 9.63. The lowest BCUT2D eigenvalue weighted by Crippen LogP contribution is -2.43. The van der Waals surface area contributed by atoms with Crippen molar-refractivity contribution < 1.29 is 4.74 Å². The minimum Gasteiger partial charge on any atom is -0.497 e. The fourth-order valence-electron chi connectivity index (χ4n) is 3.40. The monoisotopic (exact) mass is 347 g/mol. The number of nitrogens with one attached hydrogen (secondary N) is 1. The van der Waals surface area contributed by atoms with E-state index in [1.807, 2.05) is 12.1 Å². The number of likely N-dealkylation sites (tertiary alicyclic amines) is 1. The summed E-state index contributed by atoms with van der Waals surface area (Å²) in [6.45, 7) is 6.01. The average molecular weight is 348 g/mol. The van der Waals surface area contributed by atoms with Crippen LogP contribution in [-0.4, -0.2) is 69.2 Å². The molecule has 1 aromatic rings. The summed E-state index contributed by atoms with van der Waals surface area (Å²) in [5, 5.41) is 3.30. The molecule has 0 radical (unpaired) electrons. The van der Waals surface area contributed by atoms with Gasteiger partial charge >= 0.3 is 0 Å². The molecule has 0 bridgehead atoms. The highest BCUT2D eigenvalue weighted by Gasteiger charge is 2.22. The maximum atomic E-state index is 6.09. The smallest absolute Gasteiger partial charge is 0.188 e. The number of ether oxygens (including phenoxy) is 1. The first-order valence-corrected chi connectivity index (χ1v) is 9.13. The SMILES string of the molecule is CCN1CCCC1CNC(N)=NCC(c1ccc(OC)cc1)N(C)C. The summed E-state index contributed by atoms with van der Waals surface area (Å²) in [4.78, 5) is 9.23. The number of rotatable bonds is 8. The second-order valence-corrected chi connectivity index (χ2v) is 6.78. The summed E-state index contributed by atoms with van der Waals surface area (Å²) < 4.78 is 5.23. The molecule has 0 amide bonds. The zero-order valence-electron chi connectivity index (χ0n) is 16.0. The molecule has 0 aliphatic carbocycles. The van der Waals surface area contributed by atoms with Crippen molar-refractivity contribution in [2.45, 2.75) is 31.8 Å². The lowest BCUT2D eigenvalue weighted by Gasteiger charge is -2.24. The summed E-state index contributed by atoms with van der Waals surface area (Å²) in [5.41, 5.74) is 7.30. The molecule has 140 valence electrons. The Morgan fingerprint density at radius 3 is 2.72 bits per heavy atom. The number of hydrogen-bond acceptors (Lipinski definition) is 4. The number of benzene rings is 1. The normalized spacial score (nSPS) is 20.0. The van der Waals surface area contributed by atoms with Crippen LogP contribution >= 0.6 is 0 Å². The summed E-state index contributed by atoms with van der Waals surface area (Å²) in [6.07, 6.45) is 2.51. The molecule has 6 nitrogen and oxygen atoms in total. The van der Waals surface area contributed by atoms with E-state index in [4.69, 9.17) is 10.5 Å². The molecule has 0 saturated carbocycles. The molecule has 3 N–H and O–H groups in total. The number of hydrogen-bond donors (Lipinski definition) is 2. The van der Waals surface area contributed by atoms with Gasteiger partial charge in [0.1, 0.15) is 5.75 Å². The molecule has 2 atom stereocenters. The van der Waals surface area contributed by atoms with Crippen LogP contribution in [-0.2, 0) is 0 Å². The van der Waals surface area contributed by atoms with Crippen LogP contribution in [0, 0.1) is 0 Å². The van der Waals surface area contributed by atoms with Crippen LogP contribution < -0.4 is 15.8 Å². The van der Waals surface area contributed by atoms with Crippen LogP contribution in [0.3, 0.4) is 0 Å². The van der Waals surface area contributed by atoms with Gasteiger partial charge in [-0.1, -0.05) is 19.1 Å². The highest BCUT2D eigenvalue weighted by atomic mass is 16.5. The summed E-state index contributed by atoms with van der Waals surface area (Å²) >= 11 is 0. The predicted molar refractivity (Wildman–Crippen MR) is 104 cm³/mol.